The van der Waals surface area contributed by atoms with Crippen LogP contribution in [0, 0.1) is 0 Å². The van der Waals surface area contributed by atoms with Crippen LogP contribution in [0.3, 0.4) is 0 Å². The third kappa shape index (κ3) is 30.2. The molecule has 4 N–H and O–H groups in total. The number of likely N-dealkylation sites (N-methyl/N-ethyl adjacent to an activating group) is 1. The summed E-state index contributed by atoms with van der Waals surface area (Å²) in [5.41, 5.74) is 0. The fraction of sp³-hybridized carbons (Fsp3) is 0.684. The zero-order chi connectivity index (χ0) is 32.5. The van der Waals surface area contributed by atoms with Crippen molar-refractivity contribution in [1.82, 2.24) is 15.1 Å². The fourth-order valence-electron chi connectivity index (χ4n) is 4.80. The Labute approximate surface area is 272 Å². The number of unbranched alkanes of at least 4 members (excludes halogenated alkanes) is 3. The predicted octanol–water partition coefficient (Wildman–Crippen LogP) is 6.97. The third-order valence-corrected chi connectivity index (χ3v) is 7.53. The Hall–Kier alpha value is -1.80. The highest BCUT2D eigenvalue weighted by Gasteiger charge is 2.16. The molecule has 0 aliphatic rings. The zero-order valence-corrected chi connectivity index (χ0v) is 28.8. The maximum atomic E-state index is 10.8. The van der Waals surface area contributed by atoms with Gasteiger partial charge in [-0.25, -0.2) is 0 Å². The molecule has 0 amide bonds. The summed E-state index contributed by atoms with van der Waals surface area (Å²) < 4.78 is 0. The number of aliphatic hydroxyl groups is 3. The largest absolute Gasteiger partial charge is 0.392 e. The second-order valence-corrected chi connectivity index (χ2v) is 11.8. The molecule has 0 aromatic carbocycles. The molecule has 0 saturated carbocycles. The van der Waals surface area contributed by atoms with Crippen molar-refractivity contribution < 1.29 is 15.3 Å². The van der Waals surface area contributed by atoms with Crippen LogP contribution in [-0.2, 0) is 0 Å². The van der Waals surface area contributed by atoms with E-state index in [1.165, 1.54) is 0 Å². The second kappa shape index (κ2) is 32.6. The van der Waals surface area contributed by atoms with Gasteiger partial charge in [0.05, 0.1) is 18.3 Å². The van der Waals surface area contributed by atoms with Gasteiger partial charge in [0.25, 0.3) is 0 Å². The Morgan fingerprint density at radius 3 is 1.41 bits per heavy atom. The Balaban J connectivity index is 4.50. The quantitative estimate of drug-likeness (QED) is 0.0516. The number of rotatable bonds is 30. The van der Waals surface area contributed by atoms with Crippen molar-refractivity contribution in [1.29, 1.82) is 0 Å². The van der Waals surface area contributed by atoms with Crippen molar-refractivity contribution in [2.75, 3.05) is 52.9 Å². The van der Waals surface area contributed by atoms with Gasteiger partial charge < -0.3 is 25.5 Å². The molecule has 0 aliphatic heterocycles. The van der Waals surface area contributed by atoms with Crippen molar-refractivity contribution in [2.45, 2.75) is 116 Å². The molecule has 0 rings (SSSR count). The number of allylic oxidation sites excluding steroid dienone is 12. The van der Waals surface area contributed by atoms with E-state index in [1.54, 1.807) is 0 Å². The first kappa shape index (κ1) is 42.2. The van der Waals surface area contributed by atoms with Crippen molar-refractivity contribution >= 4 is 0 Å². The lowest BCUT2D eigenvalue weighted by atomic mass is 10.1. The Kier molecular flexibility index (Phi) is 31.3. The third-order valence-electron chi connectivity index (χ3n) is 7.53. The van der Waals surface area contributed by atoms with Crippen molar-refractivity contribution in [3.8, 4) is 0 Å². The molecule has 6 nitrogen and oxygen atoms in total. The molecule has 0 spiro atoms. The van der Waals surface area contributed by atoms with Crippen LogP contribution in [0.4, 0.5) is 0 Å². The summed E-state index contributed by atoms with van der Waals surface area (Å²) in [4.78, 5) is 4.52. The van der Waals surface area contributed by atoms with Gasteiger partial charge in [0.15, 0.2) is 0 Å². The minimum Gasteiger partial charge on any atom is -0.392 e. The standard InChI is InChI=1S/C38H69N3O3/c1-5-8-11-14-17-20-23-26-36(42)33-39-29-30-40(4)31-32-41(34-37(43)27-24-21-18-15-12-9-6-2)35-38(44)28-25-22-19-16-13-10-7-3/h5-10,14-19,36-39,42-44H,11-13,20-35H2,1-4H3/b8-5-,9-6-,10-7-,17-14-,18-15-,19-16-. The number of hydrogen-bond donors (Lipinski definition) is 4. The van der Waals surface area contributed by atoms with E-state index in [-0.39, 0.29) is 6.10 Å². The summed E-state index contributed by atoms with van der Waals surface area (Å²) in [5, 5.41) is 35.2. The summed E-state index contributed by atoms with van der Waals surface area (Å²) in [7, 11) is 2.11. The van der Waals surface area contributed by atoms with Crippen LogP contribution in [0.1, 0.15) is 97.8 Å². The fourth-order valence-corrected chi connectivity index (χ4v) is 4.80. The summed E-state index contributed by atoms with van der Waals surface area (Å²) in [6, 6.07) is 0. The van der Waals surface area contributed by atoms with E-state index < -0.39 is 12.2 Å². The number of nitrogens with one attached hydrogen (secondary N) is 1. The molecule has 44 heavy (non-hydrogen) atoms. The first-order chi connectivity index (χ1) is 21.4. The van der Waals surface area contributed by atoms with Crippen molar-refractivity contribution in [3.63, 3.8) is 0 Å². The van der Waals surface area contributed by atoms with Gasteiger partial charge in [-0.05, 0) is 105 Å². The van der Waals surface area contributed by atoms with Gasteiger partial charge in [-0.3, -0.25) is 4.90 Å². The van der Waals surface area contributed by atoms with E-state index in [1.807, 2.05) is 20.8 Å². The first-order valence-corrected chi connectivity index (χ1v) is 17.4. The molecule has 0 saturated heterocycles. The molecule has 3 atom stereocenters. The van der Waals surface area contributed by atoms with E-state index in [2.05, 4.69) is 95.1 Å². The Bertz CT molecular complexity index is 752. The molecule has 0 heterocycles. The normalized spacial score (nSPS) is 15.2. The molecule has 0 radical (unpaired) electrons. The van der Waals surface area contributed by atoms with Gasteiger partial charge in [-0.2, -0.15) is 0 Å². The second-order valence-electron chi connectivity index (χ2n) is 11.8. The summed E-state index contributed by atoms with van der Waals surface area (Å²) >= 11 is 0. The molecular weight excluding hydrogens is 546 g/mol. The summed E-state index contributed by atoms with van der Waals surface area (Å²) in [6.07, 6.45) is 35.9. The van der Waals surface area contributed by atoms with Gasteiger partial charge in [-0.1, -0.05) is 72.9 Å². The van der Waals surface area contributed by atoms with Gasteiger partial charge in [0.2, 0.25) is 0 Å². The molecule has 3 unspecified atom stereocenters. The Morgan fingerprint density at radius 2 is 0.977 bits per heavy atom. The summed E-state index contributed by atoms with van der Waals surface area (Å²) in [5.74, 6) is 0. The number of nitrogens with zero attached hydrogens (tertiary/aromatic N) is 2. The minimum absolute atomic E-state index is 0.310. The zero-order valence-electron chi connectivity index (χ0n) is 28.8. The van der Waals surface area contributed by atoms with Crippen LogP contribution >= 0.6 is 0 Å². The van der Waals surface area contributed by atoms with Crippen molar-refractivity contribution in [2.24, 2.45) is 0 Å². The molecule has 0 aliphatic carbocycles. The topological polar surface area (TPSA) is 79.2 Å². The SMILES string of the molecule is C/C=C\C/C=C\CCCC(O)CNCCN(C)CCN(CC(O)CCC/C=C\C/C=C\C)CC(O)CCC/C=C\C/C=C\C. The van der Waals surface area contributed by atoms with E-state index in [0.29, 0.717) is 19.6 Å². The maximum absolute atomic E-state index is 10.8. The van der Waals surface area contributed by atoms with E-state index in [0.717, 1.165) is 103 Å². The van der Waals surface area contributed by atoms with Gasteiger partial charge in [0, 0.05) is 45.8 Å². The number of aliphatic hydroxyl groups excluding tert-OH is 3. The van der Waals surface area contributed by atoms with Gasteiger partial charge >= 0.3 is 0 Å². The highest BCUT2D eigenvalue weighted by molar-refractivity contribution is 4.93. The molecule has 0 aromatic rings. The van der Waals surface area contributed by atoms with E-state index in [9.17, 15) is 15.3 Å². The highest BCUT2D eigenvalue weighted by Crippen LogP contribution is 2.09. The summed E-state index contributed by atoms with van der Waals surface area (Å²) in [6.45, 7) is 11.3. The molecule has 0 fully saturated rings. The van der Waals surface area contributed by atoms with Crippen LogP contribution in [0.2, 0.25) is 0 Å². The molecular formula is C38H69N3O3. The molecule has 0 bridgehead atoms. The average molecular weight is 616 g/mol. The highest BCUT2D eigenvalue weighted by atomic mass is 16.3. The van der Waals surface area contributed by atoms with Crippen LogP contribution in [-0.4, -0.2) is 96.3 Å². The lowest BCUT2D eigenvalue weighted by molar-refractivity contribution is 0.0571. The first-order valence-electron chi connectivity index (χ1n) is 17.4. The van der Waals surface area contributed by atoms with E-state index >= 15 is 0 Å². The number of hydrogen-bond acceptors (Lipinski definition) is 6. The van der Waals surface area contributed by atoms with Crippen LogP contribution in [0.5, 0.6) is 0 Å². The monoisotopic (exact) mass is 616 g/mol. The Morgan fingerprint density at radius 1 is 0.545 bits per heavy atom. The molecule has 0 aromatic heterocycles. The van der Waals surface area contributed by atoms with Crippen LogP contribution < -0.4 is 5.32 Å². The van der Waals surface area contributed by atoms with Gasteiger partial charge in [-0.15, -0.1) is 0 Å². The van der Waals surface area contributed by atoms with Crippen LogP contribution in [0.25, 0.3) is 0 Å². The van der Waals surface area contributed by atoms with Crippen molar-refractivity contribution in [3.05, 3.63) is 72.9 Å². The average Bonchev–Trinajstić information content (AvgIpc) is 3.00. The van der Waals surface area contributed by atoms with Crippen LogP contribution in [0.15, 0.2) is 72.9 Å². The van der Waals surface area contributed by atoms with E-state index in [4.69, 9.17) is 0 Å². The molecule has 254 valence electrons. The lowest BCUT2D eigenvalue weighted by Gasteiger charge is -2.29. The minimum atomic E-state index is -0.391. The smallest absolute Gasteiger partial charge is 0.0667 e. The molecule has 6 heteroatoms. The predicted molar refractivity (Wildman–Crippen MR) is 192 cm³/mol. The lowest BCUT2D eigenvalue weighted by Crippen LogP contribution is -2.43. The maximum Gasteiger partial charge on any atom is 0.0667 e. The van der Waals surface area contributed by atoms with Gasteiger partial charge in [0.1, 0.15) is 0 Å².